The molecular weight excluding hydrogens is 354 g/mol. The van der Waals surface area contributed by atoms with E-state index in [1.807, 2.05) is 19.1 Å². The summed E-state index contributed by atoms with van der Waals surface area (Å²) in [4.78, 5) is 22.8. The molecule has 1 aliphatic heterocycles. The van der Waals surface area contributed by atoms with Gasteiger partial charge in [0.25, 0.3) is 5.69 Å². The summed E-state index contributed by atoms with van der Waals surface area (Å²) in [6.45, 7) is 5.09. The predicted octanol–water partition coefficient (Wildman–Crippen LogP) is 4.10. The molecule has 2 aromatic rings. The van der Waals surface area contributed by atoms with Crippen molar-refractivity contribution >= 4 is 28.9 Å². The van der Waals surface area contributed by atoms with E-state index in [4.69, 9.17) is 11.6 Å². The van der Waals surface area contributed by atoms with Crippen molar-refractivity contribution in [1.82, 2.24) is 5.01 Å². The summed E-state index contributed by atoms with van der Waals surface area (Å²) in [6, 6.07) is 10.3. The van der Waals surface area contributed by atoms with Crippen molar-refractivity contribution in [2.45, 2.75) is 33.2 Å². The summed E-state index contributed by atoms with van der Waals surface area (Å²) in [6.07, 6.45) is 0.619. The molecule has 1 atom stereocenters. The van der Waals surface area contributed by atoms with E-state index < -0.39 is 4.92 Å². The van der Waals surface area contributed by atoms with Crippen molar-refractivity contribution in [3.8, 4) is 0 Å². The van der Waals surface area contributed by atoms with Crippen LogP contribution in [0.15, 0.2) is 41.5 Å². The number of halogens is 1. The van der Waals surface area contributed by atoms with Crippen LogP contribution in [0.3, 0.4) is 0 Å². The van der Waals surface area contributed by atoms with Gasteiger partial charge in [-0.3, -0.25) is 14.9 Å². The molecule has 0 saturated heterocycles. The van der Waals surface area contributed by atoms with E-state index >= 15 is 0 Å². The van der Waals surface area contributed by atoms with E-state index in [2.05, 4.69) is 5.10 Å². The lowest BCUT2D eigenvalue weighted by atomic mass is 9.94. The molecule has 1 unspecified atom stereocenters. The Hall–Kier alpha value is -2.73. The Morgan fingerprint density at radius 2 is 2.04 bits per heavy atom. The molecule has 1 heterocycles. The molecule has 0 aromatic heterocycles. The van der Waals surface area contributed by atoms with Crippen LogP contribution in [-0.4, -0.2) is 27.6 Å². The third-order valence-corrected chi connectivity index (χ3v) is 4.69. The molecule has 0 N–H and O–H groups in total. The number of nitrogens with zero attached hydrogens (tertiary/aromatic N) is 3. The van der Waals surface area contributed by atoms with Gasteiger partial charge in [0, 0.05) is 34.7 Å². The molecule has 26 heavy (non-hydrogen) atoms. The van der Waals surface area contributed by atoms with E-state index in [9.17, 15) is 14.9 Å². The maximum atomic E-state index is 12.1. The molecule has 1 amide bonds. The first-order valence-corrected chi connectivity index (χ1v) is 8.58. The molecule has 6 nitrogen and oxygen atoms in total. The topological polar surface area (TPSA) is 75.8 Å². The van der Waals surface area contributed by atoms with Gasteiger partial charge in [0.2, 0.25) is 5.91 Å². The molecule has 0 saturated carbocycles. The van der Waals surface area contributed by atoms with Gasteiger partial charge in [0.1, 0.15) is 0 Å². The zero-order chi connectivity index (χ0) is 19.0. The van der Waals surface area contributed by atoms with Gasteiger partial charge in [-0.1, -0.05) is 17.7 Å². The maximum Gasteiger partial charge on any atom is 0.272 e. The molecule has 0 radical (unpaired) electrons. The number of benzene rings is 2. The number of hydrazone groups is 1. The number of hydrogen-bond acceptors (Lipinski definition) is 4. The molecule has 0 bridgehead atoms. The largest absolute Gasteiger partial charge is 0.273 e. The van der Waals surface area contributed by atoms with Crippen LogP contribution >= 0.6 is 11.6 Å². The molecule has 0 spiro atoms. The highest BCUT2D eigenvalue weighted by Crippen LogP contribution is 2.28. The number of aryl methyl sites for hydroxylation is 1. The second-order valence-corrected chi connectivity index (χ2v) is 6.86. The fourth-order valence-corrected chi connectivity index (χ4v) is 3.42. The molecule has 0 fully saturated rings. The molecule has 2 aromatic carbocycles. The number of amides is 1. The standard InChI is InChI=1S/C19H18ClN3O3/c1-11-8-14(4-7-18(11)23(25)26)19-17-6-5-16(20)10-15(17)9-12(2)22(21-19)13(3)24/h4-8,10,12H,9H2,1-3H3. The third kappa shape index (κ3) is 3.32. The van der Waals surface area contributed by atoms with Gasteiger partial charge in [0.15, 0.2) is 0 Å². The number of carbonyl (C=O) groups excluding carboxylic acids is 1. The van der Waals surface area contributed by atoms with Crippen molar-refractivity contribution in [3.63, 3.8) is 0 Å². The zero-order valence-electron chi connectivity index (χ0n) is 14.7. The summed E-state index contributed by atoms with van der Waals surface area (Å²) in [5.74, 6) is -0.160. The van der Waals surface area contributed by atoms with E-state index in [1.165, 1.54) is 18.0 Å². The van der Waals surface area contributed by atoms with Crippen molar-refractivity contribution in [3.05, 3.63) is 73.8 Å². The fourth-order valence-electron chi connectivity index (χ4n) is 3.23. The highest BCUT2D eigenvalue weighted by Gasteiger charge is 2.26. The Morgan fingerprint density at radius 3 is 2.65 bits per heavy atom. The fraction of sp³-hybridized carbons (Fsp3) is 0.263. The van der Waals surface area contributed by atoms with Crippen LogP contribution in [0.2, 0.25) is 5.02 Å². The minimum Gasteiger partial charge on any atom is -0.273 e. The highest BCUT2D eigenvalue weighted by molar-refractivity contribution is 6.31. The molecule has 7 heteroatoms. The summed E-state index contributed by atoms with van der Waals surface area (Å²) in [5.41, 5.74) is 3.78. The molecule has 1 aliphatic rings. The van der Waals surface area contributed by atoms with Gasteiger partial charge < -0.3 is 0 Å². The Labute approximate surface area is 156 Å². The number of nitro groups is 1. The van der Waals surface area contributed by atoms with Crippen LogP contribution in [-0.2, 0) is 11.2 Å². The van der Waals surface area contributed by atoms with Crippen molar-refractivity contribution in [2.75, 3.05) is 0 Å². The van der Waals surface area contributed by atoms with Crippen LogP contribution in [0.25, 0.3) is 0 Å². The molecular formula is C19H18ClN3O3. The van der Waals surface area contributed by atoms with E-state index in [1.54, 1.807) is 25.1 Å². The Balaban J connectivity index is 2.21. The molecule has 0 aliphatic carbocycles. The zero-order valence-corrected chi connectivity index (χ0v) is 15.4. The smallest absolute Gasteiger partial charge is 0.272 e. The lowest BCUT2D eigenvalue weighted by Crippen LogP contribution is -2.33. The lowest BCUT2D eigenvalue weighted by Gasteiger charge is -2.21. The van der Waals surface area contributed by atoms with Gasteiger partial charge in [0.05, 0.1) is 16.7 Å². The number of fused-ring (bicyclic) bond motifs is 1. The Bertz CT molecular complexity index is 940. The van der Waals surface area contributed by atoms with Crippen LogP contribution in [0.4, 0.5) is 5.69 Å². The van der Waals surface area contributed by atoms with Gasteiger partial charge in [-0.25, -0.2) is 5.01 Å². The van der Waals surface area contributed by atoms with E-state index in [-0.39, 0.29) is 17.6 Å². The van der Waals surface area contributed by atoms with Crippen molar-refractivity contribution < 1.29 is 9.72 Å². The third-order valence-electron chi connectivity index (χ3n) is 4.45. The van der Waals surface area contributed by atoms with Crippen LogP contribution in [0.5, 0.6) is 0 Å². The minimum absolute atomic E-state index is 0.0519. The number of hydrogen-bond donors (Lipinski definition) is 0. The van der Waals surface area contributed by atoms with Crippen molar-refractivity contribution in [1.29, 1.82) is 0 Å². The number of rotatable bonds is 2. The summed E-state index contributed by atoms with van der Waals surface area (Å²) in [7, 11) is 0. The van der Waals surface area contributed by atoms with Gasteiger partial charge in [-0.15, -0.1) is 0 Å². The van der Waals surface area contributed by atoms with E-state index in [0.29, 0.717) is 22.7 Å². The van der Waals surface area contributed by atoms with Crippen LogP contribution in [0.1, 0.15) is 36.1 Å². The van der Waals surface area contributed by atoms with Gasteiger partial charge in [-0.05, 0) is 50.1 Å². The Kier molecular flexibility index (Phi) is 4.78. The highest BCUT2D eigenvalue weighted by atomic mass is 35.5. The first-order chi connectivity index (χ1) is 12.3. The predicted molar refractivity (Wildman–Crippen MR) is 101 cm³/mol. The SMILES string of the molecule is CC(=O)N1N=C(c2ccc([N+](=O)[O-])c(C)c2)c2ccc(Cl)cc2CC1C. The average molecular weight is 372 g/mol. The Morgan fingerprint density at radius 1 is 1.31 bits per heavy atom. The molecule has 134 valence electrons. The minimum atomic E-state index is -0.411. The van der Waals surface area contributed by atoms with Crippen LogP contribution in [0, 0.1) is 17.0 Å². The average Bonchev–Trinajstić information content (AvgIpc) is 2.69. The second kappa shape index (κ2) is 6.88. The van der Waals surface area contributed by atoms with Crippen LogP contribution < -0.4 is 0 Å². The first kappa shape index (κ1) is 18.1. The lowest BCUT2D eigenvalue weighted by molar-refractivity contribution is -0.385. The van der Waals surface area contributed by atoms with Gasteiger partial charge in [-0.2, -0.15) is 5.10 Å². The quantitative estimate of drug-likeness (QED) is 0.589. The summed E-state index contributed by atoms with van der Waals surface area (Å²) < 4.78 is 0. The number of carbonyl (C=O) groups is 1. The second-order valence-electron chi connectivity index (χ2n) is 6.43. The number of nitro benzene ring substituents is 1. The summed E-state index contributed by atoms with van der Waals surface area (Å²) >= 11 is 6.16. The normalized spacial score (nSPS) is 16.5. The van der Waals surface area contributed by atoms with Gasteiger partial charge >= 0.3 is 0 Å². The monoisotopic (exact) mass is 371 g/mol. The van der Waals surface area contributed by atoms with E-state index in [0.717, 1.165) is 16.7 Å². The summed E-state index contributed by atoms with van der Waals surface area (Å²) in [5, 5.41) is 17.8. The maximum absolute atomic E-state index is 12.1. The molecule has 3 rings (SSSR count). The first-order valence-electron chi connectivity index (χ1n) is 8.20. The van der Waals surface area contributed by atoms with Crippen molar-refractivity contribution in [2.24, 2.45) is 5.10 Å².